The molecule has 0 aliphatic carbocycles. The smallest absolute Gasteiger partial charge is 0.191 e. The van der Waals surface area contributed by atoms with Crippen molar-refractivity contribution in [2.75, 3.05) is 44.7 Å². The quantitative estimate of drug-likeness (QED) is 0.576. The van der Waals surface area contributed by atoms with Gasteiger partial charge < -0.3 is 15.5 Å². The highest BCUT2D eigenvalue weighted by Gasteiger charge is 2.24. The second-order valence-corrected chi connectivity index (χ2v) is 9.27. The predicted octanol–water partition coefficient (Wildman–Crippen LogP) is 3.39. The third-order valence-corrected chi connectivity index (χ3v) is 6.66. The topological polar surface area (TPSA) is 42.9 Å². The summed E-state index contributed by atoms with van der Waals surface area (Å²) in [4.78, 5) is 9.67. The van der Waals surface area contributed by atoms with Crippen LogP contribution in [0.3, 0.4) is 0 Å². The van der Waals surface area contributed by atoms with E-state index in [4.69, 9.17) is 0 Å². The van der Waals surface area contributed by atoms with E-state index in [1.807, 2.05) is 18.4 Å². The molecule has 5 nitrogen and oxygen atoms in total. The van der Waals surface area contributed by atoms with Crippen LogP contribution in [-0.2, 0) is 0 Å². The van der Waals surface area contributed by atoms with Gasteiger partial charge in [0, 0.05) is 45.3 Å². The van der Waals surface area contributed by atoms with Gasteiger partial charge in [0.2, 0.25) is 0 Å². The van der Waals surface area contributed by atoms with E-state index >= 15 is 0 Å². The predicted molar refractivity (Wildman–Crippen MR) is 118 cm³/mol. The molecule has 1 aromatic rings. The van der Waals surface area contributed by atoms with Crippen LogP contribution in [0.15, 0.2) is 22.5 Å². The fraction of sp³-hybridized carbons (Fsp3) is 0.762. The number of piperidine rings is 2. The van der Waals surface area contributed by atoms with Crippen LogP contribution < -0.4 is 15.5 Å². The number of likely N-dealkylation sites (tertiary alicyclic amines) is 1. The Morgan fingerprint density at radius 2 is 2.04 bits per heavy atom. The standard InChI is InChI=1S/C21H37N5S/c1-17(2)16-26-11-5-4-7-19(26)15-23-21(22-3)24-18-9-12-25(13-10-18)20-8-6-14-27-20/h6,8,14,17-19H,4-5,7,9-13,15-16H2,1-3H3,(H2,22,23,24). The van der Waals surface area contributed by atoms with E-state index in [0.717, 1.165) is 31.5 Å². The van der Waals surface area contributed by atoms with Crippen molar-refractivity contribution in [1.82, 2.24) is 15.5 Å². The lowest BCUT2D eigenvalue weighted by Crippen LogP contribution is -2.52. The molecule has 0 spiro atoms. The summed E-state index contributed by atoms with van der Waals surface area (Å²) >= 11 is 1.84. The molecule has 0 saturated carbocycles. The van der Waals surface area contributed by atoms with E-state index in [-0.39, 0.29) is 0 Å². The van der Waals surface area contributed by atoms with Crippen molar-refractivity contribution in [1.29, 1.82) is 0 Å². The van der Waals surface area contributed by atoms with Gasteiger partial charge in [-0.05, 0) is 55.7 Å². The molecule has 3 rings (SSSR count). The highest BCUT2D eigenvalue weighted by atomic mass is 32.1. The number of hydrogen-bond acceptors (Lipinski definition) is 4. The van der Waals surface area contributed by atoms with Crippen LogP contribution in [0, 0.1) is 5.92 Å². The Bertz CT molecular complexity index is 563. The summed E-state index contributed by atoms with van der Waals surface area (Å²) in [6.07, 6.45) is 6.34. The van der Waals surface area contributed by atoms with Gasteiger partial charge in [-0.3, -0.25) is 9.89 Å². The second kappa shape index (κ2) is 10.3. The maximum atomic E-state index is 4.49. The SMILES string of the molecule is CN=C(NCC1CCCCN1CC(C)C)NC1CCN(c2cccs2)CC1. The van der Waals surface area contributed by atoms with Crippen LogP contribution in [-0.4, -0.2) is 62.7 Å². The molecule has 2 aliphatic rings. The van der Waals surface area contributed by atoms with Crippen molar-refractivity contribution in [2.45, 2.75) is 58.0 Å². The van der Waals surface area contributed by atoms with E-state index < -0.39 is 0 Å². The minimum absolute atomic E-state index is 0.519. The number of anilines is 1. The Morgan fingerprint density at radius 3 is 2.70 bits per heavy atom. The van der Waals surface area contributed by atoms with Gasteiger partial charge >= 0.3 is 0 Å². The minimum Gasteiger partial charge on any atom is -0.363 e. The third kappa shape index (κ3) is 6.11. The summed E-state index contributed by atoms with van der Waals surface area (Å²) in [6.45, 7) is 10.3. The molecule has 2 N–H and O–H groups in total. The third-order valence-electron chi connectivity index (χ3n) is 5.73. The Morgan fingerprint density at radius 1 is 1.22 bits per heavy atom. The second-order valence-electron chi connectivity index (χ2n) is 8.35. The molecule has 1 unspecified atom stereocenters. The summed E-state index contributed by atoms with van der Waals surface area (Å²) in [5, 5.41) is 10.8. The monoisotopic (exact) mass is 391 g/mol. The van der Waals surface area contributed by atoms with Gasteiger partial charge in [-0.1, -0.05) is 20.3 Å². The molecular formula is C21H37N5S. The number of aliphatic imine (C=N–C) groups is 1. The molecule has 3 heterocycles. The highest BCUT2D eigenvalue weighted by Crippen LogP contribution is 2.24. The minimum atomic E-state index is 0.519. The molecule has 2 fully saturated rings. The van der Waals surface area contributed by atoms with Crippen molar-refractivity contribution < 1.29 is 0 Å². The maximum Gasteiger partial charge on any atom is 0.191 e. The summed E-state index contributed by atoms with van der Waals surface area (Å²) in [5.41, 5.74) is 0. The Kier molecular flexibility index (Phi) is 7.82. The van der Waals surface area contributed by atoms with E-state index in [1.54, 1.807) is 0 Å². The van der Waals surface area contributed by atoms with Crippen LogP contribution in [0.4, 0.5) is 5.00 Å². The van der Waals surface area contributed by atoms with Crippen molar-refractivity contribution in [3.05, 3.63) is 17.5 Å². The molecule has 152 valence electrons. The molecule has 2 aliphatic heterocycles. The van der Waals surface area contributed by atoms with Gasteiger partial charge in [0.1, 0.15) is 0 Å². The molecule has 2 saturated heterocycles. The summed E-state index contributed by atoms with van der Waals surface area (Å²) in [6, 6.07) is 5.53. The first-order chi connectivity index (χ1) is 13.2. The zero-order valence-corrected chi connectivity index (χ0v) is 18.1. The lowest BCUT2D eigenvalue weighted by atomic mass is 10.0. The van der Waals surface area contributed by atoms with Gasteiger partial charge in [0.25, 0.3) is 0 Å². The van der Waals surface area contributed by atoms with Crippen molar-refractivity contribution in [3.8, 4) is 0 Å². The van der Waals surface area contributed by atoms with Crippen LogP contribution in [0.2, 0.25) is 0 Å². The van der Waals surface area contributed by atoms with Gasteiger partial charge in [0.15, 0.2) is 5.96 Å². The van der Waals surface area contributed by atoms with E-state index in [0.29, 0.717) is 12.1 Å². The lowest BCUT2D eigenvalue weighted by Gasteiger charge is -2.37. The van der Waals surface area contributed by atoms with E-state index in [1.165, 1.54) is 50.2 Å². The molecule has 0 bridgehead atoms. The molecule has 27 heavy (non-hydrogen) atoms. The zero-order chi connectivity index (χ0) is 19.1. The zero-order valence-electron chi connectivity index (χ0n) is 17.3. The first-order valence-corrected chi connectivity index (χ1v) is 11.5. The number of hydrogen-bond donors (Lipinski definition) is 2. The molecule has 0 aromatic carbocycles. The average Bonchev–Trinajstić information content (AvgIpc) is 3.21. The number of thiophene rings is 1. The first kappa shape index (κ1) is 20.5. The van der Waals surface area contributed by atoms with Crippen LogP contribution in [0.25, 0.3) is 0 Å². The first-order valence-electron chi connectivity index (χ1n) is 10.7. The maximum absolute atomic E-state index is 4.49. The van der Waals surface area contributed by atoms with E-state index in [2.05, 4.69) is 56.8 Å². The molecule has 1 aromatic heterocycles. The Hall–Kier alpha value is -1.27. The molecule has 0 amide bonds. The van der Waals surface area contributed by atoms with Gasteiger partial charge in [-0.2, -0.15) is 0 Å². The highest BCUT2D eigenvalue weighted by molar-refractivity contribution is 7.14. The van der Waals surface area contributed by atoms with E-state index in [9.17, 15) is 0 Å². The largest absolute Gasteiger partial charge is 0.363 e. The number of rotatable bonds is 6. The number of nitrogens with zero attached hydrogens (tertiary/aromatic N) is 3. The number of guanidine groups is 1. The fourth-order valence-electron chi connectivity index (χ4n) is 4.30. The molecular weight excluding hydrogens is 354 g/mol. The number of nitrogens with one attached hydrogen (secondary N) is 2. The van der Waals surface area contributed by atoms with Crippen LogP contribution in [0.1, 0.15) is 46.0 Å². The summed E-state index contributed by atoms with van der Waals surface area (Å²) in [5.74, 6) is 1.70. The lowest BCUT2D eigenvalue weighted by molar-refractivity contribution is 0.133. The van der Waals surface area contributed by atoms with Gasteiger partial charge in [0.05, 0.1) is 5.00 Å². The summed E-state index contributed by atoms with van der Waals surface area (Å²) < 4.78 is 0. The molecule has 6 heteroatoms. The van der Waals surface area contributed by atoms with Crippen LogP contribution in [0.5, 0.6) is 0 Å². The van der Waals surface area contributed by atoms with Crippen molar-refractivity contribution in [2.24, 2.45) is 10.9 Å². The molecule has 0 radical (unpaired) electrons. The van der Waals surface area contributed by atoms with Crippen LogP contribution >= 0.6 is 11.3 Å². The summed E-state index contributed by atoms with van der Waals surface area (Å²) in [7, 11) is 1.89. The van der Waals surface area contributed by atoms with Gasteiger partial charge in [-0.15, -0.1) is 11.3 Å². The molecule has 1 atom stereocenters. The van der Waals surface area contributed by atoms with Gasteiger partial charge in [-0.25, -0.2) is 0 Å². The van der Waals surface area contributed by atoms with Crippen molar-refractivity contribution >= 4 is 22.3 Å². The van der Waals surface area contributed by atoms with Crippen molar-refractivity contribution in [3.63, 3.8) is 0 Å². The Labute approximate surface area is 169 Å². The Balaban J connectivity index is 1.43. The normalized spacial score (nSPS) is 23.0. The average molecular weight is 392 g/mol. The fourth-order valence-corrected chi connectivity index (χ4v) is 5.08.